The maximum absolute atomic E-state index is 7.46. The number of amidine groups is 1. The molecule has 2 rings (SSSR count). The van der Waals surface area contributed by atoms with Crippen LogP contribution < -0.4 is 10.5 Å². The van der Waals surface area contributed by atoms with Crippen molar-refractivity contribution in [3.63, 3.8) is 0 Å². The third-order valence-corrected chi connectivity index (χ3v) is 2.84. The standard InChI is InChI=1S/C14H14ClN3O/c1-8-3-4-11(15)7-12(8)19-13-6-10(14(16)17)5-9(2)18-13/h3-7H,1-2H3,(H3,16,17). The third-order valence-electron chi connectivity index (χ3n) is 2.61. The van der Waals surface area contributed by atoms with Gasteiger partial charge >= 0.3 is 0 Å². The highest BCUT2D eigenvalue weighted by Crippen LogP contribution is 2.27. The van der Waals surface area contributed by atoms with Crippen LogP contribution in [-0.2, 0) is 0 Å². The zero-order valence-electron chi connectivity index (χ0n) is 10.7. The molecule has 0 aliphatic carbocycles. The molecule has 0 fully saturated rings. The Morgan fingerprint density at radius 1 is 1.26 bits per heavy atom. The molecule has 2 aromatic rings. The van der Waals surface area contributed by atoms with E-state index in [-0.39, 0.29) is 5.84 Å². The zero-order chi connectivity index (χ0) is 14.0. The first-order chi connectivity index (χ1) is 8.95. The molecule has 0 aliphatic heterocycles. The number of nitrogen functional groups attached to an aromatic ring is 1. The Kier molecular flexibility index (Phi) is 3.71. The van der Waals surface area contributed by atoms with Crippen molar-refractivity contribution in [1.82, 2.24) is 4.98 Å². The van der Waals surface area contributed by atoms with Crippen molar-refractivity contribution in [2.24, 2.45) is 5.73 Å². The first-order valence-electron chi connectivity index (χ1n) is 5.73. The second kappa shape index (κ2) is 5.28. The molecule has 3 N–H and O–H groups in total. The van der Waals surface area contributed by atoms with Gasteiger partial charge in [0.2, 0.25) is 5.88 Å². The van der Waals surface area contributed by atoms with Crippen molar-refractivity contribution in [1.29, 1.82) is 5.41 Å². The average Bonchev–Trinajstić information content (AvgIpc) is 2.33. The van der Waals surface area contributed by atoms with E-state index < -0.39 is 0 Å². The van der Waals surface area contributed by atoms with E-state index in [0.29, 0.717) is 22.2 Å². The van der Waals surface area contributed by atoms with E-state index in [4.69, 9.17) is 27.5 Å². The topological polar surface area (TPSA) is 72.0 Å². The zero-order valence-corrected chi connectivity index (χ0v) is 11.5. The molecular weight excluding hydrogens is 262 g/mol. The normalized spacial score (nSPS) is 10.3. The fraction of sp³-hybridized carbons (Fsp3) is 0.143. The summed E-state index contributed by atoms with van der Waals surface area (Å²) in [7, 11) is 0. The molecule has 98 valence electrons. The molecule has 0 amide bonds. The molecule has 19 heavy (non-hydrogen) atoms. The summed E-state index contributed by atoms with van der Waals surface area (Å²) in [5.41, 5.74) is 7.76. The first kappa shape index (κ1) is 13.4. The number of hydrogen-bond donors (Lipinski definition) is 2. The third kappa shape index (κ3) is 3.23. The van der Waals surface area contributed by atoms with Crippen LogP contribution in [0.5, 0.6) is 11.6 Å². The Bertz CT molecular complexity index is 641. The van der Waals surface area contributed by atoms with E-state index in [2.05, 4.69) is 4.98 Å². The Balaban J connectivity index is 2.38. The van der Waals surface area contributed by atoms with Gasteiger partial charge in [-0.05, 0) is 37.6 Å². The van der Waals surface area contributed by atoms with Crippen molar-refractivity contribution in [3.05, 3.63) is 52.2 Å². The van der Waals surface area contributed by atoms with Gasteiger partial charge in [0.25, 0.3) is 0 Å². The average molecular weight is 276 g/mol. The maximum atomic E-state index is 7.46. The van der Waals surface area contributed by atoms with Crippen molar-refractivity contribution in [2.45, 2.75) is 13.8 Å². The molecule has 0 atom stereocenters. The quantitative estimate of drug-likeness (QED) is 0.666. The van der Waals surface area contributed by atoms with Gasteiger partial charge in [0.05, 0.1) is 0 Å². The number of benzene rings is 1. The smallest absolute Gasteiger partial charge is 0.220 e. The predicted octanol–water partition coefficient (Wildman–Crippen LogP) is 3.43. The largest absolute Gasteiger partial charge is 0.439 e. The molecular formula is C14H14ClN3O. The Morgan fingerprint density at radius 3 is 2.68 bits per heavy atom. The summed E-state index contributed by atoms with van der Waals surface area (Å²) < 4.78 is 5.71. The fourth-order valence-corrected chi connectivity index (χ4v) is 1.80. The van der Waals surface area contributed by atoms with Crippen molar-refractivity contribution in [2.75, 3.05) is 0 Å². The van der Waals surface area contributed by atoms with Crippen LogP contribution in [-0.4, -0.2) is 10.8 Å². The minimum absolute atomic E-state index is 0.0156. The Labute approximate surface area is 116 Å². The SMILES string of the molecule is Cc1cc(C(=N)N)cc(Oc2cc(Cl)ccc2C)n1. The second-order valence-corrected chi connectivity index (χ2v) is 4.70. The van der Waals surface area contributed by atoms with Crippen LogP contribution >= 0.6 is 11.6 Å². The van der Waals surface area contributed by atoms with Gasteiger partial charge in [-0.3, -0.25) is 5.41 Å². The monoisotopic (exact) mass is 275 g/mol. The molecule has 0 unspecified atom stereocenters. The molecule has 5 heteroatoms. The Morgan fingerprint density at radius 2 is 2.00 bits per heavy atom. The fourth-order valence-electron chi connectivity index (χ4n) is 1.64. The van der Waals surface area contributed by atoms with Gasteiger partial charge in [-0.2, -0.15) is 0 Å². The number of rotatable bonds is 3. The van der Waals surface area contributed by atoms with E-state index in [1.54, 1.807) is 24.3 Å². The highest BCUT2D eigenvalue weighted by molar-refractivity contribution is 6.30. The summed E-state index contributed by atoms with van der Waals surface area (Å²) >= 11 is 5.94. The van der Waals surface area contributed by atoms with Crippen LogP contribution in [0.15, 0.2) is 30.3 Å². The van der Waals surface area contributed by atoms with Gasteiger partial charge in [0, 0.05) is 22.3 Å². The number of halogens is 1. The van der Waals surface area contributed by atoms with Crippen LogP contribution in [0.25, 0.3) is 0 Å². The summed E-state index contributed by atoms with van der Waals surface area (Å²) in [5.74, 6) is 1.02. The second-order valence-electron chi connectivity index (χ2n) is 4.26. The van der Waals surface area contributed by atoms with E-state index in [1.165, 1.54) is 0 Å². The van der Waals surface area contributed by atoms with Crippen molar-refractivity contribution >= 4 is 17.4 Å². The first-order valence-corrected chi connectivity index (χ1v) is 6.10. The molecule has 0 radical (unpaired) electrons. The summed E-state index contributed by atoms with van der Waals surface area (Å²) in [6.07, 6.45) is 0. The number of hydrogen-bond acceptors (Lipinski definition) is 3. The number of aryl methyl sites for hydroxylation is 2. The predicted molar refractivity (Wildman–Crippen MR) is 76.3 cm³/mol. The lowest BCUT2D eigenvalue weighted by molar-refractivity contribution is 0.458. The number of ether oxygens (including phenoxy) is 1. The maximum Gasteiger partial charge on any atom is 0.220 e. The summed E-state index contributed by atoms with van der Waals surface area (Å²) in [6, 6.07) is 8.78. The van der Waals surface area contributed by atoms with Gasteiger partial charge in [0.1, 0.15) is 11.6 Å². The van der Waals surface area contributed by atoms with Gasteiger partial charge in [0.15, 0.2) is 0 Å². The van der Waals surface area contributed by atoms with Crippen molar-refractivity contribution in [3.8, 4) is 11.6 Å². The minimum Gasteiger partial charge on any atom is -0.439 e. The molecule has 0 bridgehead atoms. The minimum atomic E-state index is -0.0156. The number of nitrogens with one attached hydrogen (secondary N) is 1. The summed E-state index contributed by atoms with van der Waals surface area (Å²) in [4.78, 5) is 4.26. The number of aromatic nitrogens is 1. The molecule has 4 nitrogen and oxygen atoms in total. The van der Waals surface area contributed by atoms with E-state index in [1.807, 2.05) is 19.9 Å². The summed E-state index contributed by atoms with van der Waals surface area (Å²) in [5, 5.41) is 8.06. The molecule has 0 aliphatic rings. The van der Waals surface area contributed by atoms with E-state index in [9.17, 15) is 0 Å². The summed E-state index contributed by atoms with van der Waals surface area (Å²) in [6.45, 7) is 3.75. The molecule has 0 saturated carbocycles. The highest BCUT2D eigenvalue weighted by Gasteiger charge is 2.07. The highest BCUT2D eigenvalue weighted by atomic mass is 35.5. The lowest BCUT2D eigenvalue weighted by Crippen LogP contribution is -2.11. The van der Waals surface area contributed by atoms with E-state index >= 15 is 0 Å². The van der Waals surface area contributed by atoms with Crippen LogP contribution in [0.2, 0.25) is 5.02 Å². The van der Waals surface area contributed by atoms with Crippen molar-refractivity contribution < 1.29 is 4.74 Å². The van der Waals surface area contributed by atoms with Crippen LogP contribution in [0.3, 0.4) is 0 Å². The number of pyridine rings is 1. The van der Waals surface area contributed by atoms with Gasteiger partial charge in [-0.25, -0.2) is 4.98 Å². The van der Waals surface area contributed by atoms with Gasteiger partial charge in [-0.15, -0.1) is 0 Å². The molecule has 1 aromatic carbocycles. The Hall–Kier alpha value is -2.07. The molecule has 0 saturated heterocycles. The lowest BCUT2D eigenvalue weighted by Gasteiger charge is -2.10. The van der Waals surface area contributed by atoms with Crippen LogP contribution in [0.1, 0.15) is 16.8 Å². The lowest BCUT2D eigenvalue weighted by atomic mass is 10.2. The molecule has 1 heterocycles. The number of nitrogens with zero attached hydrogens (tertiary/aromatic N) is 1. The van der Waals surface area contributed by atoms with Gasteiger partial charge in [-0.1, -0.05) is 17.7 Å². The molecule has 0 spiro atoms. The van der Waals surface area contributed by atoms with E-state index in [0.717, 1.165) is 11.3 Å². The number of nitrogens with two attached hydrogens (primary N) is 1. The van der Waals surface area contributed by atoms with Crippen LogP contribution in [0.4, 0.5) is 0 Å². The van der Waals surface area contributed by atoms with Gasteiger partial charge < -0.3 is 10.5 Å². The molecule has 1 aromatic heterocycles. The van der Waals surface area contributed by atoms with Crippen LogP contribution in [0, 0.1) is 19.3 Å².